The molecule has 17 heavy (non-hydrogen) atoms. The van der Waals surface area contributed by atoms with Crippen LogP contribution in [0.4, 0.5) is 5.69 Å². The zero-order valence-electron chi connectivity index (χ0n) is 10.1. The molecular weight excluding hydrogens is 220 g/mol. The first-order valence-electron chi connectivity index (χ1n) is 5.63. The van der Waals surface area contributed by atoms with Gasteiger partial charge in [0.05, 0.1) is 13.2 Å². The molecule has 1 unspecified atom stereocenters. The molecule has 1 aromatic rings. The lowest BCUT2D eigenvalue weighted by atomic mass is 10.2. The molecule has 0 aliphatic rings. The fourth-order valence-electron chi connectivity index (χ4n) is 1.34. The molecule has 0 amide bonds. The molecule has 0 spiro atoms. The molecule has 1 aromatic heterocycles. The van der Waals surface area contributed by atoms with Gasteiger partial charge in [0.1, 0.15) is 5.69 Å². The van der Waals surface area contributed by atoms with Crippen LogP contribution in [0, 0.1) is 0 Å². The van der Waals surface area contributed by atoms with Gasteiger partial charge >= 0.3 is 5.97 Å². The fraction of sp³-hybridized carbons (Fsp3) is 0.500. The van der Waals surface area contributed by atoms with E-state index < -0.39 is 5.97 Å². The second-order valence-corrected chi connectivity index (χ2v) is 3.70. The highest BCUT2D eigenvalue weighted by molar-refractivity contribution is 5.88. The Labute approximate surface area is 101 Å². The first kappa shape index (κ1) is 13.4. The van der Waals surface area contributed by atoms with Crippen molar-refractivity contribution in [2.75, 3.05) is 19.0 Å². The summed E-state index contributed by atoms with van der Waals surface area (Å²) in [7, 11) is 1.32. The zero-order valence-corrected chi connectivity index (χ0v) is 10.1. The van der Waals surface area contributed by atoms with Gasteiger partial charge in [-0.05, 0) is 25.0 Å². The topological polar surface area (TPSA) is 71.5 Å². The molecule has 1 atom stereocenters. The average molecular weight is 238 g/mol. The molecule has 0 radical (unpaired) electrons. The summed E-state index contributed by atoms with van der Waals surface area (Å²) < 4.78 is 4.58. The van der Waals surface area contributed by atoms with Gasteiger partial charge in [0.2, 0.25) is 0 Å². The Bertz CT molecular complexity index is 369. The highest BCUT2D eigenvalue weighted by Crippen LogP contribution is 2.09. The number of anilines is 1. The van der Waals surface area contributed by atoms with Gasteiger partial charge in [0, 0.05) is 18.4 Å². The van der Waals surface area contributed by atoms with Crippen molar-refractivity contribution in [1.82, 2.24) is 4.98 Å². The van der Waals surface area contributed by atoms with Crippen LogP contribution in [0.25, 0.3) is 0 Å². The number of methoxy groups -OCH3 is 1. The minimum Gasteiger partial charge on any atom is -0.464 e. The van der Waals surface area contributed by atoms with Crippen molar-refractivity contribution < 1.29 is 14.6 Å². The summed E-state index contributed by atoms with van der Waals surface area (Å²) in [5, 5.41) is 12.5. The summed E-state index contributed by atoms with van der Waals surface area (Å²) in [6.07, 6.45) is 2.67. The summed E-state index contributed by atoms with van der Waals surface area (Å²) >= 11 is 0. The van der Waals surface area contributed by atoms with Crippen LogP contribution in [0.2, 0.25) is 0 Å². The molecular formula is C12H18N2O3. The molecule has 0 fully saturated rings. The van der Waals surface area contributed by atoms with Crippen LogP contribution < -0.4 is 5.32 Å². The third-order valence-electron chi connectivity index (χ3n) is 2.43. The van der Waals surface area contributed by atoms with Gasteiger partial charge < -0.3 is 15.2 Å². The molecule has 0 aromatic carbocycles. The van der Waals surface area contributed by atoms with E-state index in [9.17, 15) is 9.90 Å². The van der Waals surface area contributed by atoms with E-state index in [0.29, 0.717) is 13.0 Å². The first-order chi connectivity index (χ1) is 8.17. The maximum absolute atomic E-state index is 11.2. The summed E-state index contributed by atoms with van der Waals surface area (Å²) in [6.45, 7) is 2.59. The molecule has 0 saturated carbocycles. The van der Waals surface area contributed by atoms with E-state index in [0.717, 1.165) is 12.1 Å². The number of esters is 1. The number of ether oxygens (including phenoxy) is 1. The van der Waals surface area contributed by atoms with Crippen LogP contribution in [0.5, 0.6) is 0 Å². The Morgan fingerprint density at radius 1 is 1.65 bits per heavy atom. The van der Waals surface area contributed by atoms with Crippen LogP contribution in [0.3, 0.4) is 0 Å². The fourth-order valence-corrected chi connectivity index (χ4v) is 1.34. The van der Waals surface area contributed by atoms with Crippen LogP contribution in [-0.2, 0) is 4.74 Å². The molecule has 94 valence electrons. The van der Waals surface area contributed by atoms with Crippen molar-refractivity contribution in [2.45, 2.75) is 25.9 Å². The third-order valence-corrected chi connectivity index (χ3v) is 2.43. The lowest BCUT2D eigenvalue weighted by Gasteiger charge is -2.10. The Kier molecular flexibility index (Phi) is 5.42. The molecule has 1 heterocycles. The summed E-state index contributed by atoms with van der Waals surface area (Å²) in [5.74, 6) is -0.456. The number of rotatable bonds is 6. The van der Waals surface area contributed by atoms with E-state index in [1.807, 2.05) is 6.92 Å². The quantitative estimate of drug-likeness (QED) is 0.734. The van der Waals surface area contributed by atoms with Crippen LogP contribution in [-0.4, -0.2) is 35.8 Å². The Morgan fingerprint density at radius 2 is 2.41 bits per heavy atom. The van der Waals surface area contributed by atoms with Crippen molar-refractivity contribution >= 4 is 11.7 Å². The van der Waals surface area contributed by atoms with Crippen molar-refractivity contribution in [3.05, 3.63) is 24.0 Å². The number of hydrogen-bond donors (Lipinski definition) is 2. The number of aromatic nitrogens is 1. The number of aliphatic hydroxyl groups is 1. The van der Waals surface area contributed by atoms with E-state index in [2.05, 4.69) is 15.0 Å². The Morgan fingerprint density at radius 3 is 3.06 bits per heavy atom. The molecule has 0 aliphatic heterocycles. The maximum Gasteiger partial charge on any atom is 0.356 e. The standard InChI is InChI=1S/C12H18N2O3/c1-3-10(15)5-7-13-9-4-6-14-11(8-9)12(16)17-2/h4,6,8,10,15H,3,5,7H2,1-2H3,(H,13,14). The zero-order chi connectivity index (χ0) is 12.7. The molecule has 5 heteroatoms. The number of hydrogen-bond acceptors (Lipinski definition) is 5. The number of carbonyl (C=O) groups is 1. The van der Waals surface area contributed by atoms with Crippen molar-refractivity contribution in [2.24, 2.45) is 0 Å². The second kappa shape index (κ2) is 6.85. The predicted molar refractivity (Wildman–Crippen MR) is 65.0 cm³/mol. The number of carbonyl (C=O) groups excluding carboxylic acids is 1. The summed E-state index contributed by atoms with van der Waals surface area (Å²) in [5.41, 5.74) is 1.07. The monoisotopic (exact) mass is 238 g/mol. The van der Waals surface area contributed by atoms with Gasteiger partial charge in [-0.15, -0.1) is 0 Å². The molecule has 5 nitrogen and oxygen atoms in total. The normalized spacial score (nSPS) is 11.9. The molecule has 0 saturated heterocycles. The van der Waals surface area contributed by atoms with Gasteiger partial charge in [-0.3, -0.25) is 0 Å². The Hall–Kier alpha value is -1.62. The highest BCUT2D eigenvalue weighted by Gasteiger charge is 2.07. The molecule has 1 rings (SSSR count). The minimum atomic E-state index is -0.456. The summed E-state index contributed by atoms with van der Waals surface area (Å²) in [4.78, 5) is 15.1. The molecule has 0 aliphatic carbocycles. The molecule has 0 bridgehead atoms. The molecule has 2 N–H and O–H groups in total. The van der Waals surface area contributed by atoms with E-state index >= 15 is 0 Å². The van der Waals surface area contributed by atoms with Gasteiger partial charge in [-0.2, -0.15) is 0 Å². The van der Waals surface area contributed by atoms with Gasteiger partial charge in [-0.1, -0.05) is 6.92 Å². The maximum atomic E-state index is 11.2. The Balaban J connectivity index is 2.51. The highest BCUT2D eigenvalue weighted by atomic mass is 16.5. The van der Waals surface area contributed by atoms with E-state index in [1.54, 1.807) is 18.3 Å². The first-order valence-corrected chi connectivity index (χ1v) is 5.63. The second-order valence-electron chi connectivity index (χ2n) is 3.70. The van der Waals surface area contributed by atoms with E-state index in [1.165, 1.54) is 7.11 Å². The largest absolute Gasteiger partial charge is 0.464 e. The minimum absolute atomic E-state index is 0.272. The predicted octanol–water partition coefficient (Wildman–Crippen LogP) is 1.44. The van der Waals surface area contributed by atoms with Crippen LogP contribution in [0.1, 0.15) is 30.3 Å². The third kappa shape index (κ3) is 4.40. The van der Waals surface area contributed by atoms with Crippen molar-refractivity contribution in [1.29, 1.82) is 0 Å². The number of nitrogens with zero attached hydrogens (tertiary/aromatic N) is 1. The van der Waals surface area contributed by atoms with Crippen LogP contribution in [0.15, 0.2) is 18.3 Å². The smallest absolute Gasteiger partial charge is 0.356 e. The van der Waals surface area contributed by atoms with Gasteiger partial charge in [0.15, 0.2) is 0 Å². The lowest BCUT2D eigenvalue weighted by molar-refractivity contribution is 0.0594. The average Bonchev–Trinajstić information content (AvgIpc) is 2.38. The van der Waals surface area contributed by atoms with Crippen molar-refractivity contribution in [3.63, 3.8) is 0 Å². The van der Waals surface area contributed by atoms with Crippen molar-refractivity contribution in [3.8, 4) is 0 Å². The van der Waals surface area contributed by atoms with E-state index in [-0.39, 0.29) is 11.8 Å². The van der Waals surface area contributed by atoms with Gasteiger partial charge in [-0.25, -0.2) is 9.78 Å². The van der Waals surface area contributed by atoms with Crippen LogP contribution >= 0.6 is 0 Å². The number of aliphatic hydroxyl groups excluding tert-OH is 1. The SMILES string of the molecule is CCC(O)CCNc1ccnc(C(=O)OC)c1. The summed E-state index contributed by atoms with van der Waals surface area (Å²) in [6, 6.07) is 3.40. The lowest BCUT2D eigenvalue weighted by Crippen LogP contribution is -2.13. The number of pyridine rings is 1. The van der Waals surface area contributed by atoms with Gasteiger partial charge in [0.25, 0.3) is 0 Å². The number of nitrogens with one attached hydrogen (secondary N) is 1. The van der Waals surface area contributed by atoms with E-state index in [4.69, 9.17) is 0 Å².